The minimum atomic E-state index is -4.94. The first kappa shape index (κ1) is 23.4. The average Bonchev–Trinajstić information content (AvgIpc) is 2.80. The number of rotatable bonds is 6. The minimum Gasteiger partial charge on any atom is -0.256 e. The van der Waals surface area contributed by atoms with E-state index in [1.54, 1.807) is 0 Å². The number of hydrogen-bond donors (Lipinski definition) is 0. The molecule has 0 saturated carbocycles. The van der Waals surface area contributed by atoms with Crippen LogP contribution in [-0.4, -0.2) is 9.97 Å². The van der Waals surface area contributed by atoms with Crippen LogP contribution >= 0.6 is 0 Å². The zero-order valence-corrected chi connectivity index (χ0v) is 17.9. The Morgan fingerprint density at radius 3 is 1.44 bits per heavy atom. The van der Waals surface area contributed by atoms with Crippen molar-refractivity contribution in [1.29, 1.82) is 0 Å². The van der Waals surface area contributed by atoms with Crippen LogP contribution in [0.1, 0.15) is 6.42 Å². The molecule has 164 valence electrons. The average molecular weight is 454 g/mol. The summed E-state index contributed by atoms with van der Waals surface area (Å²) in [4.78, 5) is 8.87. The molecule has 0 saturated heterocycles. The molecule has 0 aliphatic rings. The third kappa shape index (κ3) is 8.10. The first-order valence-electron chi connectivity index (χ1n) is 9.81. The number of nitrogens with zero attached hydrogens (tertiary/aromatic N) is 4. The van der Waals surface area contributed by atoms with Crippen LogP contribution in [0.2, 0.25) is 0 Å². The van der Waals surface area contributed by atoms with E-state index in [-0.39, 0.29) is 0 Å². The Balaban J connectivity index is 0.000000523. The second-order valence-corrected chi connectivity index (χ2v) is 7.58. The first-order chi connectivity index (χ1) is 15.4. The van der Waals surface area contributed by atoms with Gasteiger partial charge in [-0.2, -0.15) is 0 Å². The molecule has 32 heavy (non-hydrogen) atoms. The zero-order valence-electron chi connectivity index (χ0n) is 17.2. The van der Waals surface area contributed by atoms with Crippen molar-refractivity contribution >= 4 is 0 Å². The van der Waals surface area contributed by atoms with E-state index < -0.39 is 10.2 Å². The van der Waals surface area contributed by atoms with Gasteiger partial charge in [-0.05, 0) is 36.4 Å². The van der Waals surface area contributed by atoms with Crippen LogP contribution in [0.3, 0.4) is 0 Å². The van der Waals surface area contributed by atoms with Crippen LogP contribution in [0.15, 0.2) is 97.8 Å². The molecule has 0 amide bonds. The highest BCUT2D eigenvalue weighted by Crippen LogP contribution is 2.14. The predicted octanol–water partition coefficient (Wildman–Crippen LogP) is -1.28. The van der Waals surface area contributed by atoms with Gasteiger partial charge in [-0.1, -0.05) is 12.1 Å². The van der Waals surface area contributed by atoms with Gasteiger partial charge in [-0.3, -0.25) is 9.97 Å². The Hall–Kier alpha value is -3.27. The standard InChI is InChI=1S/C23H22N4.ClHO4/c1-3-12-24-22(10-1)20-8-5-14-26(18-20)16-7-17-27-15-6-9-21(19-27)23-11-2-4-13-25-23;2-1(3,4)5/h1-6,8-15,18-19H,7,16-17H2;(H,2,3,4,5)/q+2;/p-1. The molecule has 0 aromatic carbocycles. The molecule has 0 aliphatic carbocycles. The van der Waals surface area contributed by atoms with Gasteiger partial charge in [0.25, 0.3) is 0 Å². The largest absolute Gasteiger partial charge is 0.256 e. The lowest BCUT2D eigenvalue weighted by Gasteiger charge is -2.17. The van der Waals surface area contributed by atoms with Gasteiger partial charge < -0.3 is 0 Å². The van der Waals surface area contributed by atoms with E-state index in [9.17, 15) is 0 Å². The molecule has 4 aromatic rings. The van der Waals surface area contributed by atoms with E-state index in [1.165, 1.54) is 0 Å². The molecule has 4 heterocycles. The summed E-state index contributed by atoms with van der Waals surface area (Å²) in [6, 6.07) is 20.4. The van der Waals surface area contributed by atoms with Gasteiger partial charge in [-0.25, -0.2) is 27.8 Å². The lowest BCUT2D eigenvalue weighted by Crippen LogP contribution is -2.68. The molecule has 0 radical (unpaired) electrons. The fraction of sp³-hybridized carbons (Fsp3) is 0.130. The topological polar surface area (TPSA) is 126 Å². The highest BCUT2D eigenvalue weighted by Gasteiger charge is 2.09. The molecule has 0 spiro atoms. The highest BCUT2D eigenvalue weighted by molar-refractivity contribution is 5.56. The molecule has 0 atom stereocenters. The number of pyridine rings is 4. The maximum absolute atomic E-state index is 8.49. The van der Waals surface area contributed by atoms with Crippen molar-refractivity contribution in [3.8, 4) is 22.5 Å². The number of hydrogen-bond acceptors (Lipinski definition) is 6. The molecule has 0 aliphatic heterocycles. The van der Waals surface area contributed by atoms with Crippen LogP contribution in [0, 0.1) is 10.2 Å². The molecular weight excluding hydrogens is 432 g/mol. The van der Waals surface area contributed by atoms with Crippen LogP contribution < -0.4 is 27.8 Å². The van der Waals surface area contributed by atoms with Crippen molar-refractivity contribution in [1.82, 2.24) is 9.97 Å². The smallest absolute Gasteiger partial charge is 0.178 e. The normalized spacial score (nSPS) is 10.9. The van der Waals surface area contributed by atoms with Crippen molar-refractivity contribution < 1.29 is 38.0 Å². The zero-order chi connectivity index (χ0) is 22.8. The molecule has 8 nitrogen and oxygen atoms in total. The lowest BCUT2D eigenvalue weighted by molar-refractivity contribution is -2.00. The Labute approximate surface area is 188 Å². The van der Waals surface area contributed by atoms with Crippen molar-refractivity contribution in [3.05, 3.63) is 97.8 Å². The van der Waals surface area contributed by atoms with Crippen LogP contribution in [0.5, 0.6) is 0 Å². The summed E-state index contributed by atoms with van der Waals surface area (Å²) in [6.45, 7) is 1.92. The Bertz CT molecular complexity index is 1020. The second-order valence-electron chi connectivity index (χ2n) is 6.82. The van der Waals surface area contributed by atoms with Crippen molar-refractivity contribution in [2.45, 2.75) is 19.5 Å². The number of aryl methyl sites for hydroxylation is 2. The van der Waals surface area contributed by atoms with Crippen molar-refractivity contribution in [2.24, 2.45) is 0 Å². The van der Waals surface area contributed by atoms with Gasteiger partial charge >= 0.3 is 0 Å². The predicted molar refractivity (Wildman–Crippen MR) is 104 cm³/mol. The molecule has 4 rings (SSSR count). The summed E-state index contributed by atoms with van der Waals surface area (Å²) >= 11 is 0. The van der Waals surface area contributed by atoms with Crippen LogP contribution in [0.25, 0.3) is 22.5 Å². The quantitative estimate of drug-likeness (QED) is 0.335. The molecule has 4 aromatic heterocycles. The van der Waals surface area contributed by atoms with Crippen LogP contribution in [0.4, 0.5) is 0 Å². The number of aromatic nitrogens is 4. The van der Waals surface area contributed by atoms with Gasteiger partial charge in [0.15, 0.2) is 37.9 Å². The van der Waals surface area contributed by atoms with E-state index in [0.29, 0.717) is 0 Å². The van der Waals surface area contributed by atoms with E-state index in [2.05, 4.69) is 68.2 Å². The van der Waals surface area contributed by atoms with Crippen molar-refractivity contribution in [2.75, 3.05) is 0 Å². The molecule has 0 unspecified atom stereocenters. The summed E-state index contributed by atoms with van der Waals surface area (Å²) < 4.78 is 38.4. The summed E-state index contributed by atoms with van der Waals surface area (Å²) in [7, 11) is -4.94. The summed E-state index contributed by atoms with van der Waals surface area (Å²) in [6.07, 6.45) is 13.3. The Morgan fingerprint density at radius 1 is 0.625 bits per heavy atom. The third-order valence-corrected chi connectivity index (χ3v) is 4.47. The van der Waals surface area contributed by atoms with Gasteiger partial charge in [0.05, 0.1) is 28.9 Å². The fourth-order valence-corrected chi connectivity index (χ4v) is 3.13. The SMILES string of the molecule is [O-][Cl+3]([O-])([O-])[O-].c1ccc(-c2ccc[n+](CCC[n+]3cccc(-c4ccccn4)c3)c2)nc1. The first-order valence-corrected chi connectivity index (χ1v) is 11.0. The summed E-state index contributed by atoms with van der Waals surface area (Å²) in [5.74, 6) is 0. The minimum absolute atomic E-state index is 0.960. The lowest BCUT2D eigenvalue weighted by atomic mass is 10.2. The van der Waals surface area contributed by atoms with E-state index in [4.69, 9.17) is 18.6 Å². The van der Waals surface area contributed by atoms with Gasteiger partial charge in [0, 0.05) is 24.5 Å². The monoisotopic (exact) mass is 453 g/mol. The van der Waals surface area contributed by atoms with E-state index in [0.717, 1.165) is 42.0 Å². The third-order valence-electron chi connectivity index (χ3n) is 4.47. The Kier molecular flexibility index (Phi) is 8.32. The number of halogens is 1. The van der Waals surface area contributed by atoms with Crippen LogP contribution in [-0.2, 0) is 13.1 Å². The molecular formula is C23H22ClN4O4+. The van der Waals surface area contributed by atoms with Gasteiger partial charge in [-0.15, -0.1) is 10.2 Å². The van der Waals surface area contributed by atoms with E-state index in [1.807, 2.05) is 48.8 Å². The molecule has 0 fully saturated rings. The summed E-state index contributed by atoms with van der Waals surface area (Å²) in [5, 5.41) is 0. The van der Waals surface area contributed by atoms with Gasteiger partial charge in [0.2, 0.25) is 0 Å². The highest BCUT2D eigenvalue weighted by atomic mass is 35.7. The molecule has 0 N–H and O–H groups in total. The summed E-state index contributed by atoms with van der Waals surface area (Å²) in [5.41, 5.74) is 4.29. The van der Waals surface area contributed by atoms with Gasteiger partial charge in [0.1, 0.15) is 0 Å². The molecule has 9 heteroatoms. The maximum Gasteiger partial charge on any atom is 0.178 e. The maximum atomic E-state index is 8.49. The Morgan fingerprint density at radius 2 is 1.06 bits per heavy atom. The van der Waals surface area contributed by atoms with E-state index >= 15 is 0 Å². The molecule has 0 bridgehead atoms. The second kappa shape index (κ2) is 11.4. The fourth-order valence-electron chi connectivity index (χ4n) is 3.13. The van der Waals surface area contributed by atoms with Crippen molar-refractivity contribution in [3.63, 3.8) is 0 Å².